The molecule has 0 radical (unpaired) electrons. The molecular formula is C18H23NO2. The van der Waals surface area contributed by atoms with Crippen molar-refractivity contribution in [1.29, 1.82) is 0 Å². The Kier molecular flexibility index (Phi) is 5.78. The monoisotopic (exact) mass is 285 g/mol. The molecule has 0 aliphatic heterocycles. The quantitative estimate of drug-likeness (QED) is 0.815. The van der Waals surface area contributed by atoms with E-state index in [1.807, 2.05) is 43.4 Å². The lowest BCUT2D eigenvalue weighted by atomic mass is 10.0. The molecule has 0 aliphatic rings. The van der Waals surface area contributed by atoms with E-state index in [4.69, 9.17) is 9.84 Å². The molecule has 0 bridgehead atoms. The Morgan fingerprint density at radius 1 is 1.10 bits per heavy atom. The summed E-state index contributed by atoms with van der Waals surface area (Å²) in [6.07, 6.45) is 1.65. The molecule has 2 rings (SSSR count). The number of aliphatic hydroxyl groups is 1. The van der Waals surface area contributed by atoms with Crippen LogP contribution in [0.3, 0.4) is 0 Å². The molecule has 0 amide bonds. The molecule has 0 aromatic heterocycles. The summed E-state index contributed by atoms with van der Waals surface area (Å²) in [6.45, 7) is 2.29. The fraction of sp³-hybridized carbons (Fsp3) is 0.333. The first-order chi connectivity index (χ1) is 10.3. The van der Waals surface area contributed by atoms with E-state index < -0.39 is 0 Å². The number of para-hydroxylation sites is 1. The van der Waals surface area contributed by atoms with E-state index in [0.717, 1.165) is 23.5 Å². The molecule has 3 heteroatoms. The third-order valence-corrected chi connectivity index (χ3v) is 3.62. The second-order valence-electron chi connectivity index (χ2n) is 5.00. The Hall–Kier alpha value is -1.84. The van der Waals surface area contributed by atoms with Gasteiger partial charge in [-0.1, -0.05) is 37.3 Å². The Morgan fingerprint density at radius 2 is 1.81 bits per heavy atom. The Balaban J connectivity index is 2.13. The van der Waals surface area contributed by atoms with Crippen molar-refractivity contribution in [2.24, 2.45) is 0 Å². The smallest absolute Gasteiger partial charge is 0.130 e. The molecular weight excluding hydrogens is 262 g/mol. The molecule has 21 heavy (non-hydrogen) atoms. The summed E-state index contributed by atoms with van der Waals surface area (Å²) < 4.78 is 5.93. The van der Waals surface area contributed by atoms with E-state index in [0.29, 0.717) is 12.5 Å². The standard InChI is InChI=1S/C18H23NO2/c1-3-17(19-2)14-8-10-16(11-9-14)21-18-7-5-4-6-15(18)12-13-20/h4-11,17,19-20H,3,12-13H2,1-2H3. The number of nitrogens with one attached hydrogen (secondary N) is 1. The van der Waals surface area contributed by atoms with Gasteiger partial charge in [0.2, 0.25) is 0 Å². The lowest BCUT2D eigenvalue weighted by molar-refractivity contribution is 0.298. The molecule has 0 aliphatic carbocycles. The van der Waals surface area contributed by atoms with Crippen LogP contribution in [0.4, 0.5) is 0 Å². The molecule has 1 unspecified atom stereocenters. The zero-order valence-electron chi connectivity index (χ0n) is 12.7. The lowest BCUT2D eigenvalue weighted by Crippen LogP contribution is -2.14. The molecule has 112 valence electrons. The summed E-state index contributed by atoms with van der Waals surface area (Å²) in [6, 6.07) is 16.4. The number of ether oxygens (including phenoxy) is 1. The van der Waals surface area contributed by atoms with E-state index in [9.17, 15) is 0 Å². The summed E-state index contributed by atoms with van der Waals surface area (Å²) in [5.74, 6) is 1.62. The topological polar surface area (TPSA) is 41.5 Å². The lowest BCUT2D eigenvalue weighted by Gasteiger charge is -2.15. The third kappa shape index (κ3) is 4.06. The highest BCUT2D eigenvalue weighted by Gasteiger charge is 2.07. The number of rotatable bonds is 7. The van der Waals surface area contributed by atoms with Gasteiger partial charge < -0.3 is 15.2 Å². The summed E-state index contributed by atoms with van der Waals surface area (Å²) in [5, 5.41) is 12.4. The molecule has 0 spiro atoms. The first kappa shape index (κ1) is 15.5. The van der Waals surface area contributed by atoms with Gasteiger partial charge in [0.05, 0.1) is 0 Å². The summed E-state index contributed by atoms with van der Waals surface area (Å²) in [7, 11) is 1.98. The van der Waals surface area contributed by atoms with Gasteiger partial charge in [-0.15, -0.1) is 0 Å². The maximum absolute atomic E-state index is 9.10. The third-order valence-electron chi connectivity index (χ3n) is 3.62. The van der Waals surface area contributed by atoms with Crippen LogP contribution in [-0.4, -0.2) is 18.8 Å². The van der Waals surface area contributed by atoms with Gasteiger partial charge in [-0.2, -0.15) is 0 Å². The summed E-state index contributed by atoms with van der Waals surface area (Å²) >= 11 is 0. The van der Waals surface area contributed by atoms with Crippen LogP contribution in [0, 0.1) is 0 Å². The average molecular weight is 285 g/mol. The highest BCUT2D eigenvalue weighted by Crippen LogP contribution is 2.27. The predicted molar refractivity (Wildman–Crippen MR) is 85.8 cm³/mol. The van der Waals surface area contributed by atoms with Crippen molar-refractivity contribution in [3.63, 3.8) is 0 Å². The summed E-state index contributed by atoms with van der Waals surface area (Å²) in [4.78, 5) is 0. The van der Waals surface area contributed by atoms with Crippen LogP contribution in [0.2, 0.25) is 0 Å². The van der Waals surface area contributed by atoms with E-state index >= 15 is 0 Å². The van der Waals surface area contributed by atoms with E-state index in [1.165, 1.54) is 5.56 Å². The largest absolute Gasteiger partial charge is 0.457 e. The molecule has 0 saturated heterocycles. The number of benzene rings is 2. The second kappa shape index (κ2) is 7.81. The number of hydrogen-bond acceptors (Lipinski definition) is 3. The van der Waals surface area contributed by atoms with Crippen molar-refractivity contribution in [2.45, 2.75) is 25.8 Å². The number of aliphatic hydroxyl groups excluding tert-OH is 1. The second-order valence-corrected chi connectivity index (χ2v) is 5.00. The molecule has 2 aromatic rings. The van der Waals surface area contributed by atoms with Gasteiger partial charge in [-0.3, -0.25) is 0 Å². The minimum Gasteiger partial charge on any atom is -0.457 e. The molecule has 1 atom stereocenters. The van der Waals surface area contributed by atoms with Crippen molar-refractivity contribution >= 4 is 0 Å². The molecule has 0 fully saturated rings. The minimum absolute atomic E-state index is 0.125. The molecule has 2 aromatic carbocycles. The van der Waals surface area contributed by atoms with Crippen molar-refractivity contribution in [3.05, 3.63) is 59.7 Å². The van der Waals surface area contributed by atoms with Crippen LogP contribution in [0.1, 0.15) is 30.5 Å². The zero-order chi connectivity index (χ0) is 15.1. The van der Waals surface area contributed by atoms with Crippen LogP contribution >= 0.6 is 0 Å². The SMILES string of the molecule is CCC(NC)c1ccc(Oc2ccccc2CCO)cc1. The van der Waals surface area contributed by atoms with Crippen molar-refractivity contribution in [2.75, 3.05) is 13.7 Å². The van der Waals surface area contributed by atoms with Crippen molar-refractivity contribution in [1.82, 2.24) is 5.32 Å². The van der Waals surface area contributed by atoms with E-state index in [2.05, 4.69) is 24.4 Å². The van der Waals surface area contributed by atoms with Gasteiger partial charge in [-0.05, 0) is 49.2 Å². The Bertz CT molecular complexity index is 547. The fourth-order valence-corrected chi connectivity index (χ4v) is 2.43. The van der Waals surface area contributed by atoms with Crippen molar-refractivity contribution in [3.8, 4) is 11.5 Å². The molecule has 0 heterocycles. The van der Waals surface area contributed by atoms with Gasteiger partial charge in [0.15, 0.2) is 0 Å². The van der Waals surface area contributed by atoms with Crippen LogP contribution < -0.4 is 10.1 Å². The average Bonchev–Trinajstić information content (AvgIpc) is 2.52. The van der Waals surface area contributed by atoms with Crippen LogP contribution in [0.15, 0.2) is 48.5 Å². The first-order valence-corrected chi connectivity index (χ1v) is 7.42. The highest BCUT2D eigenvalue weighted by atomic mass is 16.5. The van der Waals surface area contributed by atoms with Gasteiger partial charge in [0.1, 0.15) is 11.5 Å². The molecule has 0 saturated carbocycles. The van der Waals surface area contributed by atoms with Crippen LogP contribution in [0.25, 0.3) is 0 Å². The maximum atomic E-state index is 9.10. The van der Waals surface area contributed by atoms with Crippen LogP contribution in [-0.2, 0) is 6.42 Å². The van der Waals surface area contributed by atoms with Gasteiger partial charge in [0, 0.05) is 12.6 Å². The van der Waals surface area contributed by atoms with Crippen molar-refractivity contribution < 1.29 is 9.84 Å². The number of hydrogen-bond donors (Lipinski definition) is 2. The zero-order valence-corrected chi connectivity index (χ0v) is 12.7. The first-order valence-electron chi connectivity index (χ1n) is 7.42. The molecule has 3 nitrogen and oxygen atoms in total. The molecule has 2 N–H and O–H groups in total. The Morgan fingerprint density at radius 3 is 2.43 bits per heavy atom. The maximum Gasteiger partial charge on any atom is 0.130 e. The normalized spacial score (nSPS) is 12.1. The Labute approximate surface area is 126 Å². The van der Waals surface area contributed by atoms with Gasteiger partial charge in [-0.25, -0.2) is 0 Å². The predicted octanol–water partition coefficient (Wildman–Crippen LogP) is 3.68. The summed E-state index contributed by atoms with van der Waals surface area (Å²) in [5.41, 5.74) is 2.28. The fourth-order valence-electron chi connectivity index (χ4n) is 2.43. The van der Waals surface area contributed by atoms with E-state index in [-0.39, 0.29) is 6.61 Å². The minimum atomic E-state index is 0.125. The van der Waals surface area contributed by atoms with Gasteiger partial charge in [0.25, 0.3) is 0 Å². The highest BCUT2D eigenvalue weighted by molar-refractivity contribution is 5.39. The van der Waals surface area contributed by atoms with E-state index in [1.54, 1.807) is 0 Å². The van der Waals surface area contributed by atoms with Gasteiger partial charge >= 0.3 is 0 Å². The van der Waals surface area contributed by atoms with Crippen LogP contribution in [0.5, 0.6) is 11.5 Å².